The maximum atomic E-state index is 10.3. The van der Waals surface area contributed by atoms with Crippen molar-refractivity contribution >= 4 is 11.3 Å². The van der Waals surface area contributed by atoms with Crippen LogP contribution in [0.2, 0.25) is 0 Å². The second kappa shape index (κ2) is 5.58. The number of benzene rings is 1. The van der Waals surface area contributed by atoms with Gasteiger partial charge in [0.15, 0.2) is 0 Å². The number of fused-ring (bicyclic) bond motifs is 1. The van der Waals surface area contributed by atoms with Gasteiger partial charge in [-0.05, 0) is 55.5 Å². The predicted octanol–water partition coefficient (Wildman–Crippen LogP) is 3.97. The minimum atomic E-state index is -0.350. The molecule has 1 aliphatic rings. The second-order valence-corrected chi connectivity index (χ2v) is 6.77. The molecule has 106 valence electrons. The number of ether oxygens (including phenoxy) is 1. The first-order chi connectivity index (χ1) is 9.63. The molecule has 1 N–H and O–H groups in total. The van der Waals surface area contributed by atoms with E-state index in [-0.39, 0.29) is 6.10 Å². The van der Waals surface area contributed by atoms with Gasteiger partial charge < -0.3 is 9.84 Å². The van der Waals surface area contributed by atoms with E-state index in [0.717, 1.165) is 36.5 Å². The molecule has 1 aromatic carbocycles. The molecule has 3 rings (SSSR count). The molecule has 20 heavy (non-hydrogen) atoms. The van der Waals surface area contributed by atoms with Crippen LogP contribution in [-0.4, -0.2) is 11.7 Å². The Hall–Kier alpha value is -1.32. The maximum absolute atomic E-state index is 10.3. The third-order valence-electron chi connectivity index (χ3n) is 3.97. The smallest absolute Gasteiger partial charge is 0.122 e. The molecule has 0 bridgehead atoms. The standard InChI is InChI=1S/C17H20O2S/c1-11-9-17(20-12(11)2)15(18)5-3-13-4-6-16-14(10-13)7-8-19-16/h4,6,9-10,15,18H,3,5,7-8H2,1-2H3. The Morgan fingerprint density at radius 3 is 2.90 bits per heavy atom. The van der Waals surface area contributed by atoms with Gasteiger partial charge in [0.05, 0.1) is 12.7 Å². The van der Waals surface area contributed by atoms with Gasteiger partial charge in [0.2, 0.25) is 0 Å². The quantitative estimate of drug-likeness (QED) is 0.922. The van der Waals surface area contributed by atoms with E-state index < -0.39 is 0 Å². The number of hydrogen-bond donors (Lipinski definition) is 1. The Balaban J connectivity index is 1.64. The van der Waals surface area contributed by atoms with Crippen LogP contribution >= 0.6 is 11.3 Å². The highest BCUT2D eigenvalue weighted by molar-refractivity contribution is 7.12. The topological polar surface area (TPSA) is 29.5 Å². The molecule has 0 spiro atoms. The van der Waals surface area contributed by atoms with Crippen LogP contribution in [-0.2, 0) is 12.8 Å². The van der Waals surface area contributed by atoms with E-state index in [2.05, 4.69) is 38.1 Å². The first kappa shape index (κ1) is 13.7. The fraction of sp³-hybridized carbons (Fsp3) is 0.412. The lowest BCUT2D eigenvalue weighted by atomic mass is 10.0. The van der Waals surface area contributed by atoms with Gasteiger partial charge in [0, 0.05) is 16.2 Å². The summed E-state index contributed by atoms with van der Waals surface area (Å²) in [5.74, 6) is 1.03. The molecule has 1 aliphatic heterocycles. The van der Waals surface area contributed by atoms with Crippen LogP contribution in [0.15, 0.2) is 24.3 Å². The average Bonchev–Trinajstić information content (AvgIpc) is 3.03. The van der Waals surface area contributed by atoms with Gasteiger partial charge in [-0.15, -0.1) is 11.3 Å². The third kappa shape index (κ3) is 2.74. The van der Waals surface area contributed by atoms with Gasteiger partial charge in [0.1, 0.15) is 5.75 Å². The summed E-state index contributed by atoms with van der Waals surface area (Å²) < 4.78 is 5.52. The van der Waals surface area contributed by atoms with Gasteiger partial charge in [-0.2, -0.15) is 0 Å². The van der Waals surface area contributed by atoms with Crippen molar-refractivity contribution in [3.05, 3.63) is 50.7 Å². The van der Waals surface area contributed by atoms with E-state index in [0.29, 0.717) is 0 Å². The summed E-state index contributed by atoms with van der Waals surface area (Å²) in [6, 6.07) is 8.51. The van der Waals surface area contributed by atoms with Crippen LogP contribution in [0.4, 0.5) is 0 Å². The molecule has 1 atom stereocenters. The number of aliphatic hydroxyl groups excluding tert-OH is 1. The van der Waals surface area contributed by atoms with Crippen LogP contribution < -0.4 is 4.74 Å². The predicted molar refractivity (Wildman–Crippen MR) is 82.7 cm³/mol. The fourth-order valence-electron chi connectivity index (χ4n) is 2.61. The number of aryl methyl sites for hydroxylation is 3. The summed E-state index contributed by atoms with van der Waals surface area (Å²) in [5.41, 5.74) is 3.87. The number of rotatable bonds is 4. The van der Waals surface area contributed by atoms with Crippen molar-refractivity contribution in [1.29, 1.82) is 0 Å². The molecule has 0 radical (unpaired) electrons. The molecule has 2 aromatic rings. The lowest BCUT2D eigenvalue weighted by Gasteiger charge is -2.09. The zero-order chi connectivity index (χ0) is 14.1. The van der Waals surface area contributed by atoms with E-state index in [1.54, 1.807) is 11.3 Å². The van der Waals surface area contributed by atoms with Crippen LogP contribution in [0.3, 0.4) is 0 Å². The Labute approximate surface area is 124 Å². The van der Waals surface area contributed by atoms with Gasteiger partial charge in [-0.1, -0.05) is 12.1 Å². The van der Waals surface area contributed by atoms with Crippen molar-refractivity contribution in [2.24, 2.45) is 0 Å². The molecule has 1 unspecified atom stereocenters. The lowest BCUT2D eigenvalue weighted by Crippen LogP contribution is -1.97. The highest BCUT2D eigenvalue weighted by Crippen LogP contribution is 2.30. The molecular weight excluding hydrogens is 268 g/mol. The Bertz CT molecular complexity index is 596. The van der Waals surface area contributed by atoms with Crippen LogP contribution in [0, 0.1) is 13.8 Å². The number of thiophene rings is 1. The van der Waals surface area contributed by atoms with Crippen molar-refractivity contribution in [2.75, 3.05) is 6.61 Å². The zero-order valence-electron chi connectivity index (χ0n) is 12.0. The first-order valence-electron chi connectivity index (χ1n) is 7.13. The van der Waals surface area contributed by atoms with E-state index >= 15 is 0 Å². The molecule has 2 heterocycles. The van der Waals surface area contributed by atoms with Gasteiger partial charge >= 0.3 is 0 Å². The van der Waals surface area contributed by atoms with Crippen LogP contribution in [0.1, 0.15) is 39.0 Å². The summed E-state index contributed by atoms with van der Waals surface area (Å²) >= 11 is 1.71. The van der Waals surface area contributed by atoms with Crippen molar-refractivity contribution in [1.82, 2.24) is 0 Å². The SMILES string of the molecule is Cc1cc(C(O)CCc2ccc3c(c2)CCO3)sc1C. The lowest BCUT2D eigenvalue weighted by molar-refractivity contribution is 0.171. The maximum Gasteiger partial charge on any atom is 0.122 e. The van der Waals surface area contributed by atoms with Crippen molar-refractivity contribution in [3.8, 4) is 5.75 Å². The molecule has 3 heteroatoms. The van der Waals surface area contributed by atoms with E-state index in [1.165, 1.54) is 21.6 Å². The monoisotopic (exact) mass is 288 g/mol. The molecule has 0 amide bonds. The highest BCUT2D eigenvalue weighted by Gasteiger charge is 2.14. The van der Waals surface area contributed by atoms with Gasteiger partial charge in [-0.25, -0.2) is 0 Å². The summed E-state index contributed by atoms with van der Waals surface area (Å²) in [5, 5.41) is 10.3. The highest BCUT2D eigenvalue weighted by atomic mass is 32.1. The Morgan fingerprint density at radius 1 is 1.30 bits per heavy atom. The van der Waals surface area contributed by atoms with E-state index in [9.17, 15) is 5.11 Å². The minimum absolute atomic E-state index is 0.350. The minimum Gasteiger partial charge on any atom is -0.493 e. The summed E-state index contributed by atoms with van der Waals surface area (Å²) in [6.07, 6.45) is 2.34. The molecule has 0 saturated carbocycles. The van der Waals surface area contributed by atoms with E-state index in [4.69, 9.17) is 4.74 Å². The Morgan fingerprint density at radius 2 is 2.15 bits per heavy atom. The normalized spacial score (nSPS) is 14.9. The summed E-state index contributed by atoms with van der Waals surface area (Å²) in [6.45, 7) is 5.01. The van der Waals surface area contributed by atoms with Crippen molar-refractivity contribution in [2.45, 2.75) is 39.2 Å². The number of aliphatic hydroxyl groups is 1. The largest absolute Gasteiger partial charge is 0.493 e. The summed E-state index contributed by atoms with van der Waals surface area (Å²) in [4.78, 5) is 2.39. The van der Waals surface area contributed by atoms with Crippen LogP contribution in [0.25, 0.3) is 0 Å². The van der Waals surface area contributed by atoms with Crippen LogP contribution in [0.5, 0.6) is 5.75 Å². The molecule has 0 fully saturated rings. The number of hydrogen-bond acceptors (Lipinski definition) is 3. The van der Waals surface area contributed by atoms with Crippen molar-refractivity contribution < 1.29 is 9.84 Å². The zero-order valence-corrected chi connectivity index (χ0v) is 12.8. The summed E-state index contributed by atoms with van der Waals surface area (Å²) in [7, 11) is 0. The van der Waals surface area contributed by atoms with E-state index in [1.807, 2.05) is 0 Å². The van der Waals surface area contributed by atoms with Crippen molar-refractivity contribution in [3.63, 3.8) is 0 Å². The first-order valence-corrected chi connectivity index (χ1v) is 7.95. The molecule has 2 nitrogen and oxygen atoms in total. The molecule has 1 aromatic heterocycles. The average molecular weight is 288 g/mol. The van der Waals surface area contributed by atoms with Gasteiger partial charge in [0.25, 0.3) is 0 Å². The third-order valence-corrected chi connectivity index (χ3v) is 5.23. The van der Waals surface area contributed by atoms with Gasteiger partial charge in [-0.3, -0.25) is 0 Å². The fourth-order valence-corrected chi connectivity index (χ4v) is 3.67. The molecular formula is C17H20O2S. The Kier molecular flexibility index (Phi) is 3.81. The second-order valence-electron chi connectivity index (χ2n) is 5.48. The molecule has 0 aliphatic carbocycles. The molecule has 0 saturated heterocycles.